The molecule has 0 saturated carbocycles. The van der Waals surface area contributed by atoms with Crippen molar-refractivity contribution >= 4 is 40.6 Å². The first-order valence-corrected chi connectivity index (χ1v) is 13.6. The van der Waals surface area contributed by atoms with Crippen LogP contribution >= 0.6 is 11.6 Å². The van der Waals surface area contributed by atoms with Crippen LogP contribution < -0.4 is 10.6 Å². The highest BCUT2D eigenvalue weighted by atomic mass is 35.5. The Morgan fingerprint density at radius 1 is 1.05 bits per heavy atom. The van der Waals surface area contributed by atoms with E-state index >= 15 is 0 Å². The van der Waals surface area contributed by atoms with Gasteiger partial charge in [0.15, 0.2) is 29.5 Å². The number of carboxylic acid groups (broad SMARTS) is 1. The van der Waals surface area contributed by atoms with Gasteiger partial charge in [0.05, 0.1) is 25.1 Å². The van der Waals surface area contributed by atoms with Crippen molar-refractivity contribution in [3.8, 4) is 0 Å². The number of aromatic carboxylic acids is 1. The fraction of sp³-hybridized carbons (Fsp3) is 0.321. The number of ether oxygens (including phenoxy) is 4. The van der Waals surface area contributed by atoms with Gasteiger partial charge in [-0.05, 0) is 19.1 Å². The van der Waals surface area contributed by atoms with Crippen LogP contribution in [0.5, 0.6) is 0 Å². The normalized spacial score (nSPS) is 23.1. The van der Waals surface area contributed by atoms with E-state index < -0.39 is 42.8 Å². The summed E-state index contributed by atoms with van der Waals surface area (Å²) in [5.41, 5.74) is 2.08. The second-order valence-electron chi connectivity index (χ2n) is 9.63. The third-order valence-electron chi connectivity index (χ3n) is 7.00. The standard InChI is InChI=1S/C28H27ClN6O7/c1-2-30-28(38)34-23-20-24(32-13-31-23)35(14-33-20)25-22-21(41-27(42-22)15-7-4-3-5-8-15)19(40-25)12-39-11-17-16(26(36)37)9-6-10-18(17)29/h3-10,13-14,19,21-22,25,27H,2,11-12H2,1H3,(H,36,37)(H2,30,31,32,34,38)/t19?,21?,22?,25?,27-/m0/s1. The SMILES string of the molecule is CCNC(=O)Nc1ncnc2c1ncn2C1OC(COCc2c(Cl)cccc2C(=O)O)C2O[C@H](c3ccccc3)OC21. The Kier molecular flexibility index (Phi) is 8.00. The number of halogens is 1. The number of hydrogen-bond donors (Lipinski definition) is 3. The van der Waals surface area contributed by atoms with Gasteiger partial charge in [-0.1, -0.05) is 48.0 Å². The maximum atomic E-state index is 12.1. The molecule has 2 aromatic heterocycles. The van der Waals surface area contributed by atoms with Gasteiger partial charge in [-0.3, -0.25) is 9.88 Å². The van der Waals surface area contributed by atoms with Crippen LogP contribution in [0.2, 0.25) is 5.02 Å². The molecule has 14 heteroatoms. The molecule has 4 unspecified atom stereocenters. The van der Waals surface area contributed by atoms with Crippen LogP contribution in [0.4, 0.5) is 10.6 Å². The van der Waals surface area contributed by atoms with Gasteiger partial charge in [-0.25, -0.2) is 24.5 Å². The van der Waals surface area contributed by atoms with Crippen LogP contribution in [0.25, 0.3) is 11.2 Å². The first kappa shape index (κ1) is 28.0. The lowest BCUT2D eigenvalue weighted by molar-refractivity contribution is -0.158. The molecule has 4 aromatic rings. The molecule has 2 fully saturated rings. The molecule has 13 nitrogen and oxygen atoms in total. The van der Waals surface area contributed by atoms with Crippen molar-refractivity contribution in [2.24, 2.45) is 0 Å². The van der Waals surface area contributed by atoms with Crippen molar-refractivity contribution in [1.82, 2.24) is 24.8 Å². The molecule has 0 spiro atoms. The van der Waals surface area contributed by atoms with Crippen molar-refractivity contribution < 1.29 is 33.6 Å². The lowest BCUT2D eigenvalue weighted by atomic mass is 10.1. The van der Waals surface area contributed by atoms with Crippen molar-refractivity contribution in [3.05, 3.63) is 82.9 Å². The molecule has 218 valence electrons. The zero-order chi connectivity index (χ0) is 29.2. The largest absolute Gasteiger partial charge is 0.478 e. The number of urea groups is 1. The lowest BCUT2D eigenvalue weighted by Crippen LogP contribution is -2.31. The number of benzene rings is 2. The molecule has 3 N–H and O–H groups in total. The minimum atomic E-state index is -1.10. The van der Waals surface area contributed by atoms with E-state index in [4.69, 9.17) is 30.5 Å². The molecule has 2 aromatic carbocycles. The Labute approximate surface area is 244 Å². The van der Waals surface area contributed by atoms with Crippen LogP contribution in [0, 0.1) is 0 Å². The van der Waals surface area contributed by atoms with Crippen LogP contribution in [0.15, 0.2) is 61.2 Å². The van der Waals surface area contributed by atoms with Crippen LogP contribution in [-0.4, -0.2) is 68.1 Å². The summed E-state index contributed by atoms with van der Waals surface area (Å²) in [6.07, 6.45) is -0.145. The number of fused-ring (bicyclic) bond motifs is 2. The number of hydrogen-bond acceptors (Lipinski definition) is 9. The van der Waals surface area contributed by atoms with E-state index in [1.807, 2.05) is 37.3 Å². The molecule has 6 rings (SSSR count). The quantitative estimate of drug-likeness (QED) is 0.259. The number of nitrogens with one attached hydrogen (secondary N) is 2. The Hall–Kier alpha value is -4.14. The highest BCUT2D eigenvalue weighted by Gasteiger charge is 2.54. The predicted octanol–water partition coefficient (Wildman–Crippen LogP) is 3.92. The average Bonchev–Trinajstić information content (AvgIpc) is 3.69. The fourth-order valence-corrected chi connectivity index (χ4v) is 5.31. The van der Waals surface area contributed by atoms with Crippen molar-refractivity contribution in [2.75, 3.05) is 18.5 Å². The van der Waals surface area contributed by atoms with Crippen LogP contribution in [0.1, 0.15) is 40.9 Å². The number of aromatic nitrogens is 4. The van der Waals surface area contributed by atoms with E-state index in [-0.39, 0.29) is 24.6 Å². The molecule has 2 aliphatic rings. The van der Waals surface area contributed by atoms with Crippen molar-refractivity contribution in [1.29, 1.82) is 0 Å². The number of carboxylic acids is 1. The Morgan fingerprint density at radius 3 is 2.64 bits per heavy atom. The lowest BCUT2D eigenvalue weighted by Gasteiger charge is -2.21. The summed E-state index contributed by atoms with van der Waals surface area (Å²) in [4.78, 5) is 36.8. The highest BCUT2D eigenvalue weighted by molar-refractivity contribution is 6.31. The third-order valence-corrected chi connectivity index (χ3v) is 7.35. The summed E-state index contributed by atoms with van der Waals surface area (Å²) in [7, 11) is 0. The number of imidazole rings is 1. The van der Waals surface area contributed by atoms with E-state index in [1.165, 1.54) is 12.4 Å². The summed E-state index contributed by atoms with van der Waals surface area (Å²) >= 11 is 6.28. The Morgan fingerprint density at radius 2 is 1.86 bits per heavy atom. The second-order valence-corrected chi connectivity index (χ2v) is 10.0. The molecule has 5 atom stereocenters. The first-order chi connectivity index (χ1) is 20.4. The first-order valence-electron chi connectivity index (χ1n) is 13.3. The molecule has 2 saturated heterocycles. The molecule has 0 radical (unpaired) electrons. The minimum Gasteiger partial charge on any atom is -0.478 e. The fourth-order valence-electron chi connectivity index (χ4n) is 5.09. The summed E-state index contributed by atoms with van der Waals surface area (Å²) < 4.78 is 26.8. The number of anilines is 1. The number of carbonyl (C=O) groups excluding carboxylic acids is 1. The monoisotopic (exact) mass is 594 g/mol. The van der Waals surface area contributed by atoms with E-state index in [9.17, 15) is 14.7 Å². The van der Waals surface area contributed by atoms with Crippen molar-refractivity contribution in [3.63, 3.8) is 0 Å². The third kappa shape index (κ3) is 5.40. The number of rotatable bonds is 9. The van der Waals surface area contributed by atoms with Gasteiger partial charge in [0, 0.05) is 22.7 Å². The number of carbonyl (C=O) groups is 2. The molecular formula is C28H27ClN6O7. The van der Waals surface area contributed by atoms with E-state index in [0.717, 1.165) is 5.56 Å². The number of amides is 2. The molecule has 2 aliphatic heterocycles. The molecule has 42 heavy (non-hydrogen) atoms. The smallest absolute Gasteiger partial charge is 0.336 e. The maximum Gasteiger partial charge on any atom is 0.336 e. The van der Waals surface area contributed by atoms with Gasteiger partial charge >= 0.3 is 12.0 Å². The van der Waals surface area contributed by atoms with Gasteiger partial charge in [-0.2, -0.15) is 0 Å². The second kappa shape index (κ2) is 12.0. The van der Waals surface area contributed by atoms with Crippen molar-refractivity contribution in [2.45, 2.75) is 44.4 Å². The summed E-state index contributed by atoms with van der Waals surface area (Å²) in [5, 5.41) is 15.2. The Bertz CT molecular complexity index is 1600. The summed E-state index contributed by atoms with van der Waals surface area (Å²) in [6, 6.07) is 13.8. The molecule has 4 heterocycles. The molecular weight excluding hydrogens is 568 g/mol. The van der Waals surface area contributed by atoms with E-state index in [0.29, 0.717) is 28.3 Å². The zero-order valence-corrected chi connectivity index (χ0v) is 23.1. The van der Waals surface area contributed by atoms with Gasteiger partial charge in [0.25, 0.3) is 0 Å². The van der Waals surface area contributed by atoms with E-state index in [2.05, 4.69) is 25.6 Å². The number of nitrogens with zero attached hydrogens (tertiary/aromatic N) is 4. The van der Waals surface area contributed by atoms with Gasteiger partial charge in [0.2, 0.25) is 0 Å². The minimum absolute atomic E-state index is 0.0394. The van der Waals surface area contributed by atoms with Gasteiger partial charge in [0.1, 0.15) is 24.6 Å². The predicted molar refractivity (Wildman–Crippen MR) is 149 cm³/mol. The Balaban J connectivity index is 1.26. The van der Waals surface area contributed by atoms with Gasteiger partial charge in [-0.15, -0.1) is 0 Å². The zero-order valence-electron chi connectivity index (χ0n) is 22.3. The topological polar surface area (TPSA) is 159 Å². The average molecular weight is 595 g/mol. The maximum absolute atomic E-state index is 12.1. The summed E-state index contributed by atoms with van der Waals surface area (Å²) in [6.45, 7) is 2.29. The molecule has 0 aliphatic carbocycles. The summed E-state index contributed by atoms with van der Waals surface area (Å²) in [5.74, 6) is -0.847. The molecule has 2 amide bonds. The van der Waals surface area contributed by atoms with E-state index in [1.54, 1.807) is 23.0 Å². The highest BCUT2D eigenvalue weighted by Crippen LogP contribution is 2.45. The van der Waals surface area contributed by atoms with Crippen LogP contribution in [0.3, 0.4) is 0 Å². The molecule has 0 bridgehead atoms. The van der Waals surface area contributed by atoms with Crippen LogP contribution in [-0.2, 0) is 25.6 Å². The van der Waals surface area contributed by atoms with Gasteiger partial charge < -0.3 is 29.4 Å².